The summed E-state index contributed by atoms with van der Waals surface area (Å²) in [5, 5.41) is 8.76. The van der Waals surface area contributed by atoms with Crippen LogP contribution in [0.25, 0.3) is 11.3 Å². The zero-order valence-corrected chi connectivity index (χ0v) is 20.8. The number of hydrogen-bond acceptors (Lipinski definition) is 5. The molecule has 0 spiro atoms. The molecular formula is C28H32FN5O2. The van der Waals surface area contributed by atoms with E-state index < -0.39 is 5.82 Å². The number of carbonyl (C=O) groups is 2. The first kappa shape index (κ1) is 25.3. The summed E-state index contributed by atoms with van der Waals surface area (Å²) in [6.07, 6.45) is 0.893. The number of hydrogen-bond donors (Lipinski definition) is 0. The van der Waals surface area contributed by atoms with E-state index in [4.69, 9.17) is 0 Å². The zero-order chi connectivity index (χ0) is 25.5. The van der Waals surface area contributed by atoms with E-state index in [1.54, 1.807) is 9.80 Å². The van der Waals surface area contributed by atoms with Crippen LogP contribution >= 0.6 is 0 Å². The van der Waals surface area contributed by atoms with Crippen LogP contribution in [0, 0.1) is 11.7 Å². The molecule has 1 saturated heterocycles. The maximum Gasteiger partial charge on any atom is 0.254 e. The molecule has 1 aliphatic rings. The number of aromatic nitrogens is 2. The van der Waals surface area contributed by atoms with Crippen LogP contribution in [0.2, 0.25) is 0 Å². The van der Waals surface area contributed by atoms with Gasteiger partial charge in [-0.3, -0.25) is 9.59 Å². The van der Waals surface area contributed by atoms with Crippen LogP contribution in [0.3, 0.4) is 0 Å². The van der Waals surface area contributed by atoms with E-state index >= 15 is 0 Å². The summed E-state index contributed by atoms with van der Waals surface area (Å²) in [5.41, 5.74) is 2.22. The minimum Gasteiger partial charge on any atom is -0.352 e. The number of nitrogens with zero attached hydrogens (tertiary/aromatic N) is 5. The lowest BCUT2D eigenvalue weighted by atomic mass is 10.1. The van der Waals surface area contributed by atoms with Crippen molar-refractivity contribution in [2.75, 3.05) is 44.2 Å². The third-order valence-electron chi connectivity index (χ3n) is 6.61. The van der Waals surface area contributed by atoms with Gasteiger partial charge in [-0.1, -0.05) is 50.6 Å². The molecule has 36 heavy (non-hydrogen) atoms. The molecule has 2 amide bonds. The summed E-state index contributed by atoms with van der Waals surface area (Å²) < 4.78 is 13.3. The molecule has 0 bridgehead atoms. The van der Waals surface area contributed by atoms with Gasteiger partial charge in [0.1, 0.15) is 12.4 Å². The second kappa shape index (κ2) is 11.7. The van der Waals surface area contributed by atoms with E-state index in [2.05, 4.69) is 28.9 Å². The maximum absolute atomic E-state index is 13.3. The summed E-state index contributed by atoms with van der Waals surface area (Å²) >= 11 is 0. The highest BCUT2D eigenvalue weighted by atomic mass is 19.1. The first-order chi connectivity index (χ1) is 17.4. The smallest absolute Gasteiger partial charge is 0.254 e. The molecule has 8 heteroatoms. The van der Waals surface area contributed by atoms with Crippen LogP contribution < -0.4 is 4.90 Å². The van der Waals surface area contributed by atoms with E-state index in [-0.39, 0.29) is 24.3 Å². The molecule has 2 aromatic carbocycles. The fourth-order valence-corrected chi connectivity index (χ4v) is 4.20. The third-order valence-corrected chi connectivity index (χ3v) is 6.61. The minimum atomic E-state index is -0.395. The van der Waals surface area contributed by atoms with Crippen molar-refractivity contribution in [3.05, 3.63) is 78.1 Å². The number of carbonyl (C=O) groups excluding carboxylic acids is 2. The Bertz CT molecular complexity index is 1150. The number of anilines is 1. The van der Waals surface area contributed by atoms with E-state index in [9.17, 15) is 14.0 Å². The normalized spacial score (nSPS) is 14.4. The van der Waals surface area contributed by atoms with Crippen molar-refractivity contribution in [1.29, 1.82) is 0 Å². The monoisotopic (exact) mass is 489 g/mol. The van der Waals surface area contributed by atoms with Crippen molar-refractivity contribution in [3.8, 4) is 11.3 Å². The van der Waals surface area contributed by atoms with Crippen molar-refractivity contribution in [2.45, 2.75) is 20.3 Å². The van der Waals surface area contributed by atoms with Crippen molar-refractivity contribution in [3.63, 3.8) is 0 Å². The molecular weight excluding hydrogens is 457 g/mol. The summed E-state index contributed by atoms with van der Waals surface area (Å²) in [4.78, 5) is 31.7. The number of piperazine rings is 1. The predicted octanol–water partition coefficient (Wildman–Crippen LogP) is 4.12. The number of benzene rings is 2. The van der Waals surface area contributed by atoms with Crippen molar-refractivity contribution in [1.82, 2.24) is 20.0 Å². The van der Waals surface area contributed by atoms with Gasteiger partial charge in [0.05, 0.1) is 5.69 Å². The second-order valence-corrected chi connectivity index (χ2v) is 9.22. The summed E-state index contributed by atoms with van der Waals surface area (Å²) in [5.74, 6) is 0.298. The molecule has 0 N–H and O–H groups in total. The van der Waals surface area contributed by atoms with Crippen molar-refractivity contribution in [2.24, 2.45) is 5.92 Å². The standard InChI is InChI=1S/C28H32FN5O2/c1-3-21(2)19-34(28(36)23-9-11-24(29)12-10-23)20-27(35)33-17-15-32(16-18-33)26-14-13-25(30-31-26)22-7-5-4-6-8-22/h4-14,21H,3,15-20H2,1-2H3. The van der Waals surface area contributed by atoms with Gasteiger partial charge in [-0.25, -0.2) is 4.39 Å². The van der Waals surface area contributed by atoms with Gasteiger partial charge in [0.25, 0.3) is 5.91 Å². The highest BCUT2D eigenvalue weighted by Gasteiger charge is 2.26. The number of amides is 2. The molecule has 1 aliphatic heterocycles. The average Bonchev–Trinajstić information content (AvgIpc) is 2.93. The Hall–Kier alpha value is -3.81. The van der Waals surface area contributed by atoms with E-state index in [1.165, 1.54) is 24.3 Å². The van der Waals surface area contributed by atoms with Gasteiger partial charge in [-0.15, -0.1) is 10.2 Å². The zero-order valence-electron chi connectivity index (χ0n) is 20.8. The van der Waals surface area contributed by atoms with Crippen LogP contribution in [0.4, 0.5) is 10.2 Å². The quantitative estimate of drug-likeness (QED) is 0.476. The Morgan fingerprint density at radius 2 is 1.64 bits per heavy atom. The lowest BCUT2D eigenvalue weighted by molar-refractivity contribution is -0.132. The Morgan fingerprint density at radius 3 is 2.25 bits per heavy atom. The van der Waals surface area contributed by atoms with Crippen LogP contribution in [0.1, 0.15) is 30.6 Å². The minimum absolute atomic E-state index is 0.00608. The Labute approximate surface area is 211 Å². The van der Waals surface area contributed by atoms with E-state index in [0.29, 0.717) is 38.3 Å². The Kier molecular flexibility index (Phi) is 8.25. The van der Waals surface area contributed by atoms with Gasteiger partial charge in [0.2, 0.25) is 5.91 Å². The first-order valence-corrected chi connectivity index (χ1v) is 12.4. The van der Waals surface area contributed by atoms with E-state index in [0.717, 1.165) is 23.5 Å². The molecule has 0 aliphatic carbocycles. The van der Waals surface area contributed by atoms with Gasteiger partial charge in [-0.05, 0) is 42.3 Å². The van der Waals surface area contributed by atoms with Gasteiger partial charge >= 0.3 is 0 Å². The van der Waals surface area contributed by atoms with Crippen LogP contribution in [0.15, 0.2) is 66.7 Å². The predicted molar refractivity (Wildman–Crippen MR) is 138 cm³/mol. The molecule has 2 heterocycles. The first-order valence-electron chi connectivity index (χ1n) is 12.4. The number of halogens is 1. The molecule has 1 fully saturated rings. The highest BCUT2D eigenvalue weighted by Crippen LogP contribution is 2.19. The Morgan fingerprint density at radius 1 is 0.944 bits per heavy atom. The summed E-state index contributed by atoms with van der Waals surface area (Å²) in [7, 11) is 0. The summed E-state index contributed by atoms with van der Waals surface area (Å²) in [6, 6.07) is 19.3. The molecule has 0 saturated carbocycles. The molecule has 1 atom stereocenters. The Balaban J connectivity index is 1.36. The van der Waals surface area contributed by atoms with Gasteiger partial charge < -0.3 is 14.7 Å². The SMILES string of the molecule is CCC(C)CN(CC(=O)N1CCN(c2ccc(-c3ccccc3)nn2)CC1)C(=O)c1ccc(F)cc1. The molecule has 4 rings (SSSR count). The largest absolute Gasteiger partial charge is 0.352 e. The van der Waals surface area contributed by atoms with Crippen LogP contribution in [-0.2, 0) is 4.79 Å². The van der Waals surface area contributed by atoms with Crippen molar-refractivity contribution < 1.29 is 14.0 Å². The number of rotatable bonds is 8. The average molecular weight is 490 g/mol. The van der Waals surface area contributed by atoms with Gasteiger partial charge in [0, 0.05) is 43.9 Å². The van der Waals surface area contributed by atoms with Gasteiger partial charge in [-0.2, -0.15) is 0 Å². The fraction of sp³-hybridized carbons (Fsp3) is 0.357. The lowest BCUT2D eigenvalue weighted by Crippen LogP contribution is -2.52. The maximum atomic E-state index is 13.3. The lowest BCUT2D eigenvalue weighted by Gasteiger charge is -2.36. The molecule has 188 valence electrons. The van der Waals surface area contributed by atoms with Crippen molar-refractivity contribution >= 4 is 17.6 Å². The third kappa shape index (κ3) is 6.24. The topological polar surface area (TPSA) is 69.6 Å². The fourth-order valence-electron chi connectivity index (χ4n) is 4.20. The molecule has 1 unspecified atom stereocenters. The highest BCUT2D eigenvalue weighted by molar-refractivity contribution is 5.96. The second-order valence-electron chi connectivity index (χ2n) is 9.22. The molecule has 1 aromatic heterocycles. The van der Waals surface area contributed by atoms with Crippen LogP contribution in [0.5, 0.6) is 0 Å². The molecule has 3 aromatic rings. The molecule has 0 radical (unpaired) electrons. The van der Waals surface area contributed by atoms with Crippen LogP contribution in [-0.4, -0.2) is 71.1 Å². The van der Waals surface area contributed by atoms with E-state index in [1.807, 2.05) is 42.5 Å². The van der Waals surface area contributed by atoms with Gasteiger partial charge in [0.15, 0.2) is 5.82 Å². The summed E-state index contributed by atoms with van der Waals surface area (Å²) in [6.45, 7) is 6.96. The molecule has 7 nitrogen and oxygen atoms in total.